The summed E-state index contributed by atoms with van der Waals surface area (Å²) < 4.78 is 0. The van der Waals surface area contributed by atoms with Crippen molar-refractivity contribution in [3.8, 4) is 0 Å². The predicted octanol–water partition coefficient (Wildman–Crippen LogP) is 5.49. The van der Waals surface area contributed by atoms with Crippen molar-refractivity contribution in [1.29, 1.82) is 0 Å². The third-order valence-electron chi connectivity index (χ3n) is 3.80. The van der Waals surface area contributed by atoms with Gasteiger partial charge in [-0.25, -0.2) is 0 Å². The highest BCUT2D eigenvalue weighted by Crippen LogP contribution is 2.22. The fraction of sp³-hybridized carbons (Fsp3) is 0.263. The van der Waals surface area contributed by atoms with E-state index >= 15 is 0 Å². The monoisotopic (exact) mass is 446 g/mol. The number of nitrogens with one attached hydrogen (secondary N) is 2. The summed E-state index contributed by atoms with van der Waals surface area (Å²) in [6.07, 6.45) is 0. The summed E-state index contributed by atoms with van der Waals surface area (Å²) >= 11 is 23.9. The lowest BCUT2D eigenvalue weighted by Crippen LogP contribution is -2.42. The molecule has 2 aromatic rings. The van der Waals surface area contributed by atoms with Crippen LogP contribution in [0.5, 0.6) is 0 Å². The normalized spacial score (nSPS) is 11.2. The minimum Gasteiger partial charge on any atom is -0.351 e. The van der Waals surface area contributed by atoms with Crippen molar-refractivity contribution in [2.45, 2.75) is 13.8 Å². The van der Waals surface area contributed by atoms with Gasteiger partial charge in [0.05, 0.1) is 21.2 Å². The van der Waals surface area contributed by atoms with Crippen LogP contribution in [0, 0.1) is 5.41 Å². The van der Waals surface area contributed by atoms with E-state index in [0.29, 0.717) is 44.3 Å². The van der Waals surface area contributed by atoms with Crippen LogP contribution in [0.2, 0.25) is 20.1 Å². The minimum absolute atomic E-state index is 0.301. The molecule has 0 bridgehead atoms. The van der Waals surface area contributed by atoms with Crippen molar-refractivity contribution in [3.05, 3.63) is 67.6 Å². The number of halogens is 4. The van der Waals surface area contributed by atoms with Crippen molar-refractivity contribution < 1.29 is 9.59 Å². The zero-order valence-corrected chi connectivity index (χ0v) is 17.7. The van der Waals surface area contributed by atoms with Gasteiger partial charge in [0, 0.05) is 23.1 Å². The van der Waals surface area contributed by atoms with Gasteiger partial charge in [0.15, 0.2) is 0 Å². The first-order valence-corrected chi connectivity index (χ1v) is 9.57. The largest absolute Gasteiger partial charge is 0.351 e. The molecule has 0 unspecified atom stereocenters. The van der Waals surface area contributed by atoms with Crippen molar-refractivity contribution >= 4 is 58.2 Å². The molecule has 0 saturated heterocycles. The van der Waals surface area contributed by atoms with E-state index in [9.17, 15) is 9.59 Å². The Morgan fingerprint density at radius 3 is 1.52 bits per heavy atom. The average molecular weight is 448 g/mol. The van der Waals surface area contributed by atoms with Crippen LogP contribution in [0.4, 0.5) is 0 Å². The van der Waals surface area contributed by atoms with Crippen LogP contribution >= 0.6 is 46.4 Å². The fourth-order valence-corrected chi connectivity index (χ4v) is 2.99. The maximum atomic E-state index is 12.3. The number of carbonyl (C=O) groups excluding carboxylic acids is 2. The Labute approximate surface area is 178 Å². The van der Waals surface area contributed by atoms with E-state index in [4.69, 9.17) is 46.4 Å². The van der Waals surface area contributed by atoms with E-state index in [0.717, 1.165) is 0 Å². The Hall–Kier alpha value is -1.46. The van der Waals surface area contributed by atoms with Gasteiger partial charge in [-0.15, -0.1) is 0 Å². The van der Waals surface area contributed by atoms with Crippen LogP contribution in [-0.4, -0.2) is 24.9 Å². The molecule has 2 rings (SSSR count). The molecule has 0 aliphatic carbocycles. The Morgan fingerprint density at radius 1 is 0.778 bits per heavy atom. The quantitative estimate of drug-likeness (QED) is 0.615. The maximum absolute atomic E-state index is 12.3. The SMILES string of the molecule is CC(C)(CNC(=O)c1cc(Cl)ccc1Cl)CNC(=O)c1cc(Cl)ccc1Cl. The molecule has 4 nitrogen and oxygen atoms in total. The summed E-state index contributed by atoms with van der Waals surface area (Å²) in [5.74, 6) is -0.667. The smallest absolute Gasteiger partial charge is 0.252 e. The summed E-state index contributed by atoms with van der Waals surface area (Å²) in [5.41, 5.74) is 0.186. The fourth-order valence-electron chi connectivity index (χ4n) is 2.24. The van der Waals surface area contributed by atoms with Gasteiger partial charge in [-0.2, -0.15) is 0 Å². The molecule has 0 aromatic heterocycles. The van der Waals surface area contributed by atoms with Crippen molar-refractivity contribution in [1.82, 2.24) is 10.6 Å². The van der Waals surface area contributed by atoms with Crippen LogP contribution in [0.25, 0.3) is 0 Å². The van der Waals surface area contributed by atoms with Gasteiger partial charge in [-0.3, -0.25) is 9.59 Å². The van der Waals surface area contributed by atoms with Crippen LogP contribution in [0.1, 0.15) is 34.6 Å². The third-order valence-corrected chi connectivity index (χ3v) is 4.93. The summed E-state index contributed by atoms with van der Waals surface area (Å²) in [7, 11) is 0. The van der Waals surface area contributed by atoms with Gasteiger partial charge in [-0.1, -0.05) is 60.3 Å². The number of hydrogen-bond acceptors (Lipinski definition) is 2. The Morgan fingerprint density at radius 2 is 1.15 bits per heavy atom. The highest BCUT2D eigenvalue weighted by Gasteiger charge is 2.22. The molecule has 0 saturated carbocycles. The lowest BCUT2D eigenvalue weighted by molar-refractivity contribution is 0.0920. The Bertz CT molecular complexity index is 799. The van der Waals surface area contributed by atoms with Crippen LogP contribution in [0.15, 0.2) is 36.4 Å². The van der Waals surface area contributed by atoms with Crippen molar-refractivity contribution in [2.75, 3.05) is 13.1 Å². The molecule has 0 aliphatic rings. The molecule has 144 valence electrons. The molecule has 0 spiro atoms. The minimum atomic E-state index is -0.415. The van der Waals surface area contributed by atoms with E-state index in [1.807, 2.05) is 13.8 Å². The molecule has 0 heterocycles. The highest BCUT2D eigenvalue weighted by molar-refractivity contribution is 6.36. The summed E-state index contributed by atoms with van der Waals surface area (Å²) in [6.45, 7) is 4.45. The second-order valence-electron chi connectivity index (χ2n) is 6.78. The first-order chi connectivity index (χ1) is 12.6. The average Bonchev–Trinajstić information content (AvgIpc) is 2.62. The van der Waals surface area contributed by atoms with Gasteiger partial charge in [-0.05, 0) is 41.8 Å². The summed E-state index contributed by atoms with van der Waals surface area (Å²) in [4.78, 5) is 24.7. The van der Waals surface area contributed by atoms with Gasteiger partial charge in [0.25, 0.3) is 11.8 Å². The molecule has 8 heteroatoms. The van der Waals surface area contributed by atoms with E-state index in [2.05, 4.69) is 10.6 Å². The van der Waals surface area contributed by atoms with Gasteiger partial charge in [0.2, 0.25) is 0 Å². The summed E-state index contributed by atoms with van der Waals surface area (Å²) in [6, 6.07) is 9.38. The Balaban J connectivity index is 1.94. The van der Waals surface area contributed by atoms with Crippen molar-refractivity contribution in [2.24, 2.45) is 5.41 Å². The second-order valence-corrected chi connectivity index (χ2v) is 8.47. The van der Waals surface area contributed by atoms with Crippen LogP contribution in [0.3, 0.4) is 0 Å². The zero-order valence-electron chi connectivity index (χ0n) is 14.7. The van der Waals surface area contributed by atoms with Crippen molar-refractivity contribution in [3.63, 3.8) is 0 Å². The number of rotatable bonds is 6. The van der Waals surface area contributed by atoms with E-state index in [-0.39, 0.29) is 11.8 Å². The standard InChI is InChI=1S/C19H18Cl4N2O2/c1-19(2,9-24-17(26)13-7-11(20)3-5-15(13)22)10-25-18(27)14-8-12(21)4-6-16(14)23/h3-8H,9-10H2,1-2H3,(H,24,26)(H,25,27). The third kappa shape index (κ3) is 6.28. The predicted molar refractivity (Wildman–Crippen MR) is 111 cm³/mol. The number of benzene rings is 2. The molecular formula is C19H18Cl4N2O2. The maximum Gasteiger partial charge on any atom is 0.252 e. The molecule has 2 amide bonds. The lowest BCUT2D eigenvalue weighted by Gasteiger charge is -2.25. The van der Waals surface area contributed by atoms with Crippen LogP contribution < -0.4 is 10.6 Å². The molecule has 27 heavy (non-hydrogen) atoms. The van der Waals surface area contributed by atoms with Crippen LogP contribution in [-0.2, 0) is 0 Å². The molecule has 0 fully saturated rings. The number of hydrogen-bond donors (Lipinski definition) is 2. The van der Waals surface area contributed by atoms with E-state index in [1.165, 1.54) is 12.1 Å². The number of amides is 2. The highest BCUT2D eigenvalue weighted by atomic mass is 35.5. The Kier molecular flexibility index (Phi) is 7.40. The second kappa shape index (κ2) is 9.16. The van der Waals surface area contributed by atoms with E-state index in [1.54, 1.807) is 24.3 Å². The first-order valence-electron chi connectivity index (χ1n) is 8.05. The molecule has 0 radical (unpaired) electrons. The van der Waals surface area contributed by atoms with E-state index < -0.39 is 5.41 Å². The molecule has 2 aromatic carbocycles. The number of carbonyl (C=O) groups is 2. The van der Waals surface area contributed by atoms with Gasteiger partial charge in [0.1, 0.15) is 0 Å². The molecular weight excluding hydrogens is 430 g/mol. The molecule has 0 aliphatic heterocycles. The topological polar surface area (TPSA) is 58.2 Å². The first kappa shape index (κ1) is 21.8. The van der Waals surface area contributed by atoms with Gasteiger partial charge >= 0.3 is 0 Å². The zero-order chi connectivity index (χ0) is 20.2. The van der Waals surface area contributed by atoms with Gasteiger partial charge < -0.3 is 10.6 Å². The molecule has 2 N–H and O–H groups in total. The molecule has 0 atom stereocenters. The summed E-state index contributed by atoms with van der Waals surface area (Å²) in [5, 5.41) is 7.11. The lowest BCUT2D eigenvalue weighted by atomic mass is 9.93.